The fourth-order valence-electron chi connectivity index (χ4n) is 1.79. The Morgan fingerprint density at radius 2 is 1.95 bits per heavy atom. The summed E-state index contributed by atoms with van der Waals surface area (Å²) in [5, 5.41) is 21.5. The Balaban J connectivity index is 2.94. The maximum atomic E-state index is 12.0. The van der Waals surface area contributed by atoms with Crippen molar-refractivity contribution in [3.8, 4) is 5.88 Å². The topological polar surface area (TPSA) is 141 Å². The van der Waals surface area contributed by atoms with E-state index in [-0.39, 0.29) is 22.6 Å². The fraction of sp³-hybridized carbons (Fsp3) is 0.200. The summed E-state index contributed by atoms with van der Waals surface area (Å²) < 4.78 is 4.76. The van der Waals surface area contributed by atoms with E-state index in [1.807, 2.05) is 0 Å². The van der Waals surface area contributed by atoms with Crippen LogP contribution < -0.4 is 10.2 Å². The SMILES string of the molecule is COc1nc2[nH]c(C)c([N+](=O)[O-])c(=O)c2cc1[N+](=O)[O-]. The summed E-state index contributed by atoms with van der Waals surface area (Å²) in [5.74, 6) is -0.286. The van der Waals surface area contributed by atoms with Crippen molar-refractivity contribution in [2.24, 2.45) is 0 Å². The molecule has 0 aliphatic rings. The minimum atomic E-state index is -0.931. The van der Waals surface area contributed by atoms with E-state index in [2.05, 4.69) is 9.97 Å². The number of aromatic amines is 1. The number of hydrogen-bond acceptors (Lipinski definition) is 7. The first-order chi connectivity index (χ1) is 9.36. The number of hydrogen-bond donors (Lipinski definition) is 1. The summed E-state index contributed by atoms with van der Waals surface area (Å²) in [6.07, 6.45) is 0. The molecule has 1 N–H and O–H groups in total. The van der Waals surface area contributed by atoms with Gasteiger partial charge in [-0.05, 0) is 6.92 Å². The molecule has 2 aromatic heterocycles. The highest BCUT2D eigenvalue weighted by Crippen LogP contribution is 2.27. The molecule has 2 rings (SSSR count). The van der Waals surface area contributed by atoms with Gasteiger partial charge in [-0.15, -0.1) is 0 Å². The van der Waals surface area contributed by atoms with E-state index in [1.165, 1.54) is 14.0 Å². The molecule has 0 spiro atoms. The molecule has 2 aromatic rings. The maximum Gasteiger partial charge on any atom is 0.335 e. The predicted octanol–water partition coefficient (Wildman–Crippen LogP) is 1.06. The third-order valence-electron chi connectivity index (χ3n) is 2.66. The van der Waals surface area contributed by atoms with E-state index in [9.17, 15) is 25.0 Å². The molecule has 2 heterocycles. The number of aryl methyl sites for hydroxylation is 1. The Kier molecular flexibility index (Phi) is 3.06. The molecule has 0 saturated heterocycles. The Morgan fingerprint density at radius 1 is 1.30 bits per heavy atom. The van der Waals surface area contributed by atoms with Gasteiger partial charge in [0.25, 0.3) is 11.3 Å². The van der Waals surface area contributed by atoms with E-state index < -0.39 is 26.7 Å². The third kappa shape index (κ3) is 1.92. The Hall–Kier alpha value is -3.04. The molecule has 104 valence electrons. The lowest BCUT2D eigenvalue weighted by molar-refractivity contribution is -0.386. The zero-order valence-electron chi connectivity index (χ0n) is 10.4. The van der Waals surface area contributed by atoms with Crippen molar-refractivity contribution in [2.75, 3.05) is 7.11 Å². The molecule has 0 aromatic carbocycles. The zero-order valence-corrected chi connectivity index (χ0v) is 10.4. The smallest absolute Gasteiger partial charge is 0.335 e. The van der Waals surface area contributed by atoms with Crippen LogP contribution >= 0.6 is 0 Å². The molecule has 0 unspecified atom stereocenters. The monoisotopic (exact) mass is 280 g/mol. The lowest BCUT2D eigenvalue weighted by Crippen LogP contribution is -2.13. The molecule has 0 aliphatic carbocycles. The van der Waals surface area contributed by atoms with Crippen molar-refractivity contribution in [2.45, 2.75) is 6.92 Å². The van der Waals surface area contributed by atoms with Crippen molar-refractivity contribution < 1.29 is 14.6 Å². The predicted molar refractivity (Wildman–Crippen MR) is 67.0 cm³/mol. The van der Waals surface area contributed by atoms with Crippen molar-refractivity contribution in [1.29, 1.82) is 0 Å². The average Bonchev–Trinajstić information content (AvgIpc) is 2.36. The van der Waals surface area contributed by atoms with Crippen molar-refractivity contribution >= 4 is 22.4 Å². The molecular weight excluding hydrogens is 272 g/mol. The molecular formula is C10H8N4O6. The normalized spacial score (nSPS) is 10.5. The summed E-state index contributed by atoms with van der Waals surface area (Å²) in [7, 11) is 1.19. The highest BCUT2D eigenvalue weighted by atomic mass is 16.6. The molecule has 0 bridgehead atoms. The number of ether oxygens (including phenoxy) is 1. The van der Waals surface area contributed by atoms with Crippen molar-refractivity contribution in [1.82, 2.24) is 9.97 Å². The summed E-state index contributed by atoms with van der Waals surface area (Å²) in [5.41, 5.74) is -2.14. The fourth-order valence-corrected chi connectivity index (χ4v) is 1.79. The lowest BCUT2D eigenvalue weighted by Gasteiger charge is -2.04. The maximum absolute atomic E-state index is 12.0. The van der Waals surface area contributed by atoms with Crippen LogP contribution in [0.5, 0.6) is 5.88 Å². The van der Waals surface area contributed by atoms with Crippen LogP contribution in [0.1, 0.15) is 5.69 Å². The van der Waals surface area contributed by atoms with Crippen LogP contribution in [0.15, 0.2) is 10.9 Å². The minimum absolute atomic E-state index is 0.0101. The lowest BCUT2D eigenvalue weighted by atomic mass is 10.2. The number of rotatable bonds is 3. The molecule has 0 amide bonds. The standard InChI is InChI=1S/C10H8N4O6/c1-4-7(14(18)19)8(15)5-3-6(13(16)17)10(20-2)12-9(5)11-4/h3H,1-2H3,(H,11,12,15). The van der Waals surface area contributed by atoms with E-state index in [0.29, 0.717) is 0 Å². The van der Waals surface area contributed by atoms with Crippen LogP contribution in [0.25, 0.3) is 11.0 Å². The Morgan fingerprint density at radius 3 is 2.45 bits per heavy atom. The first-order valence-electron chi connectivity index (χ1n) is 5.27. The molecule has 0 atom stereocenters. The third-order valence-corrected chi connectivity index (χ3v) is 2.66. The number of aromatic nitrogens is 2. The number of fused-ring (bicyclic) bond motifs is 1. The first-order valence-corrected chi connectivity index (χ1v) is 5.27. The van der Waals surface area contributed by atoms with Crippen LogP contribution in [0, 0.1) is 27.2 Å². The van der Waals surface area contributed by atoms with Gasteiger partial charge in [-0.2, -0.15) is 4.98 Å². The molecule has 10 nitrogen and oxygen atoms in total. The van der Waals surface area contributed by atoms with Crippen LogP contribution in [0.4, 0.5) is 11.4 Å². The van der Waals surface area contributed by atoms with Gasteiger partial charge in [0.15, 0.2) is 0 Å². The van der Waals surface area contributed by atoms with Crippen molar-refractivity contribution in [3.05, 3.63) is 42.2 Å². The van der Waals surface area contributed by atoms with Crippen LogP contribution in [-0.2, 0) is 0 Å². The largest absolute Gasteiger partial charge is 0.476 e. The number of methoxy groups -OCH3 is 1. The van der Waals surface area contributed by atoms with E-state index in [0.717, 1.165) is 6.07 Å². The second-order valence-corrected chi connectivity index (χ2v) is 3.85. The molecule has 10 heteroatoms. The number of nitrogens with one attached hydrogen (secondary N) is 1. The highest BCUT2D eigenvalue weighted by molar-refractivity contribution is 5.81. The number of nitrogens with zero attached hydrogens (tertiary/aromatic N) is 3. The first kappa shape index (κ1) is 13.4. The highest BCUT2D eigenvalue weighted by Gasteiger charge is 2.25. The van der Waals surface area contributed by atoms with E-state index in [1.54, 1.807) is 0 Å². The quantitative estimate of drug-likeness (QED) is 0.654. The summed E-state index contributed by atoms with van der Waals surface area (Å²) in [6.45, 7) is 1.34. The number of nitro groups is 2. The molecule has 0 aliphatic heterocycles. The van der Waals surface area contributed by atoms with Gasteiger partial charge >= 0.3 is 11.4 Å². The molecule has 20 heavy (non-hydrogen) atoms. The minimum Gasteiger partial charge on any atom is -0.476 e. The van der Waals surface area contributed by atoms with Gasteiger partial charge in [-0.3, -0.25) is 25.0 Å². The number of pyridine rings is 2. The zero-order chi connectivity index (χ0) is 15.0. The van der Waals surface area contributed by atoms with Gasteiger partial charge in [0.2, 0.25) is 0 Å². The van der Waals surface area contributed by atoms with Gasteiger partial charge in [0, 0.05) is 6.07 Å². The second kappa shape index (κ2) is 4.57. The average molecular weight is 280 g/mol. The number of H-pyrrole nitrogens is 1. The Bertz CT molecular complexity index is 796. The molecule has 0 fully saturated rings. The summed E-state index contributed by atoms with van der Waals surface area (Å²) in [4.78, 5) is 38.4. The Labute approximate surface area is 110 Å². The van der Waals surface area contributed by atoms with Crippen molar-refractivity contribution in [3.63, 3.8) is 0 Å². The van der Waals surface area contributed by atoms with Gasteiger partial charge < -0.3 is 9.72 Å². The molecule has 0 radical (unpaired) electrons. The van der Waals surface area contributed by atoms with Gasteiger partial charge in [-0.25, -0.2) is 0 Å². The summed E-state index contributed by atoms with van der Waals surface area (Å²) >= 11 is 0. The van der Waals surface area contributed by atoms with Crippen LogP contribution in [0.3, 0.4) is 0 Å². The summed E-state index contributed by atoms with van der Waals surface area (Å²) in [6, 6.07) is 0.909. The van der Waals surface area contributed by atoms with E-state index >= 15 is 0 Å². The van der Waals surface area contributed by atoms with Crippen LogP contribution in [-0.4, -0.2) is 26.9 Å². The van der Waals surface area contributed by atoms with Crippen LogP contribution in [0.2, 0.25) is 0 Å². The second-order valence-electron chi connectivity index (χ2n) is 3.85. The van der Waals surface area contributed by atoms with Gasteiger partial charge in [0.1, 0.15) is 5.65 Å². The molecule has 0 saturated carbocycles. The van der Waals surface area contributed by atoms with Gasteiger partial charge in [-0.1, -0.05) is 0 Å². The van der Waals surface area contributed by atoms with E-state index in [4.69, 9.17) is 4.74 Å². The van der Waals surface area contributed by atoms with Gasteiger partial charge in [0.05, 0.1) is 28.0 Å².